The van der Waals surface area contributed by atoms with Crippen molar-refractivity contribution in [2.75, 3.05) is 0 Å². The smallest absolute Gasteiger partial charge is 0.344 e. The Balaban J connectivity index is 0. The molecule has 0 unspecified atom stereocenters. The minimum Gasteiger partial charge on any atom is -0.412 e. The van der Waals surface area contributed by atoms with Crippen LogP contribution in [-0.4, -0.2) is 11.0 Å². The summed E-state index contributed by atoms with van der Waals surface area (Å²) >= 11 is 0. The molecule has 10 nitrogen and oxygen atoms in total. The standard InChI is InChI=1S/8H3N.2H2O/h8*1H3;2*1H2. The molecule has 0 atom stereocenters. The van der Waals surface area contributed by atoms with Crippen LogP contribution in [0, 0.1) is 0 Å². The topological polar surface area (TPSA) is 343 Å². The average molecular weight is 172 g/mol. The van der Waals surface area contributed by atoms with E-state index < -0.39 is 0 Å². The van der Waals surface area contributed by atoms with Gasteiger partial charge in [-0.25, -0.2) is 0 Å². The molecular formula is H28N8O2. The molecule has 0 saturated carbocycles. The maximum atomic E-state index is 0. The molecule has 0 rings (SSSR count). The highest BCUT2D eigenvalue weighted by molar-refractivity contribution is 2.14. The summed E-state index contributed by atoms with van der Waals surface area (Å²) in [6.07, 6.45) is 0. The Morgan fingerprint density at radius 2 is 0.200 bits per heavy atom. The van der Waals surface area contributed by atoms with Crippen molar-refractivity contribution in [3.05, 3.63) is 0 Å². The fourth-order valence-corrected chi connectivity index (χ4v) is 0. The van der Waals surface area contributed by atoms with Crippen molar-refractivity contribution in [1.29, 1.82) is 0 Å². The lowest BCUT2D eigenvalue weighted by Crippen LogP contribution is -0.482. The molecule has 0 fully saturated rings. The highest BCUT2D eigenvalue weighted by Gasteiger charge is -0.337. The highest BCUT2D eigenvalue weighted by Crippen LogP contribution is -0.288. The third kappa shape index (κ3) is 2070. The zero-order valence-corrected chi connectivity index (χ0v) is 6.66. The van der Waals surface area contributed by atoms with E-state index in [2.05, 4.69) is 0 Å². The molecule has 0 radical (unpaired) electrons. The van der Waals surface area contributed by atoms with E-state index in [1.165, 1.54) is 0 Å². The Hall–Kier alpha value is -0.400. The molecule has 0 aliphatic carbocycles. The van der Waals surface area contributed by atoms with Crippen molar-refractivity contribution in [2.45, 2.75) is 0 Å². The van der Waals surface area contributed by atoms with Crippen molar-refractivity contribution in [2.24, 2.45) is 0 Å². The first-order valence-corrected chi connectivity index (χ1v) is 0. The van der Waals surface area contributed by atoms with Gasteiger partial charge in [0, 0.05) is 0 Å². The Morgan fingerprint density at radius 3 is 0.200 bits per heavy atom. The molecule has 0 aliphatic rings. The summed E-state index contributed by atoms with van der Waals surface area (Å²) in [4.78, 5) is 0. The predicted octanol–water partition coefficient (Wildman–Crippen LogP) is -0.353. The molecule has 0 spiro atoms. The largest absolute Gasteiger partial charge is 0.412 e. The van der Waals surface area contributed by atoms with Crippen molar-refractivity contribution < 1.29 is 11.0 Å². The summed E-state index contributed by atoms with van der Waals surface area (Å²) in [6.45, 7) is 0. The molecule has 0 amide bonds. The normalized spacial score (nSPS) is 0. The second kappa shape index (κ2) is 3100. The Kier molecular flexibility index (Phi) is 1380000. The van der Waals surface area contributed by atoms with E-state index in [1.807, 2.05) is 0 Å². The zero-order chi connectivity index (χ0) is 0. The zero-order valence-electron chi connectivity index (χ0n) is 6.66. The van der Waals surface area contributed by atoms with Gasteiger partial charge in [0.15, 0.2) is 0 Å². The second-order valence-electron chi connectivity index (χ2n) is 0. The second-order valence-corrected chi connectivity index (χ2v) is 0. The van der Waals surface area contributed by atoms with E-state index in [9.17, 15) is 0 Å². The van der Waals surface area contributed by atoms with Crippen LogP contribution in [0.25, 0.3) is 0 Å². The lowest BCUT2D eigenvalue weighted by atomic mass is 14.0. The number of hydrogen-bond donors (Lipinski definition) is 8. The van der Waals surface area contributed by atoms with Crippen LogP contribution in [0.15, 0.2) is 0 Å². The molecule has 0 aromatic rings. The maximum absolute atomic E-state index is 0. The Bertz CT molecular complexity index is 7.22. The Morgan fingerprint density at radius 1 is 0.200 bits per heavy atom. The van der Waals surface area contributed by atoms with E-state index in [0.29, 0.717) is 0 Å². The van der Waals surface area contributed by atoms with Gasteiger partial charge in [0.25, 0.3) is 0 Å². The maximum Gasteiger partial charge on any atom is -0.344 e. The summed E-state index contributed by atoms with van der Waals surface area (Å²) in [5.74, 6) is 0. The minimum atomic E-state index is 0. The first-order chi connectivity index (χ1) is 0. The molecule has 10 heavy (non-hydrogen) atoms. The fraction of sp³-hybridized carbons (Fsp3) is 0. The summed E-state index contributed by atoms with van der Waals surface area (Å²) < 4.78 is 0. The van der Waals surface area contributed by atoms with Gasteiger partial charge >= 0.3 is 0 Å². The number of rotatable bonds is 0. The SMILES string of the molecule is N.N.N.N.N.N.N.N.O.O. The van der Waals surface area contributed by atoms with Gasteiger partial charge in [0.2, 0.25) is 0 Å². The van der Waals surface area contributed by atoms with Crippen LogP contribution in [-0.2, 0) is 0 Å². The summed E-state index contributed by atoms with van der Waals surface area (Å²) in [7, 11) is 0. The summed E-state index contributed by atoms with van der Waals surface area (Å²) in [5, 5.41) is 0. The van der Waals surface area contributed by atoms with Gasteiger partial charge in [-0.3, -0.25) is 0 Å². The lowest BCUT2D eigenvalue weighted by Gasteiger charge is -0.413. The van der Waals surface area contributed by atoms with E-state index in [1.54, 1.807) is 0 Å². The Labute approximate surface area is 61.4 Å². The number of hydrogen-bond acceptors (Lipinski definition) is 8. The van der Waals surface area contributed by atoms with Gasteiger partial charge in [0.05, 0.1) is 0 Å². The van der Waals surface area contributed by atoms with E-state index in [-0.39, 0.29) is 60.2 Å². The van der Waals surface area contributed by atoms with Crippen LogP contribution in [0.1, 0.15) is 0 Å². The van der Waals surface area contributed by atoms with Gasteiger partial charge in [-0.2, -0.15) is 0 Å². The molecule has 0 heterocycles. The highest BCUT2D eigenvalue weighted by atomic mass is 16.0. The molecular weight excluding hydrogens is 144 g/mol. The molecule has 0 aromatic heterocycles. The van der Waals surface area contributed by atoms with Crippen LogP contribution in [0.2, 0.25) is 0 Å². The van der Waals surface area contributed by atoms with Crippen LogP contribution in [0.3, 0.4) is 0 Å². The molecule has 28 N–H and O–H groups in total. The molecule has 80 valence electrons. The monoisotopic (exact) mass is 172 g/mol. The average Bonchev–Trinajstić information content (AvgIpc) is 0. The van der Waals surface area contributed by atoms with Gasteiger partial charge in [-0.05, 0) is 0 Å². The van der Waals surface area contributed by atoms with E-state index in [4.69, 9.17) is 0 Å². The van der Waals surface area contributed by atoms with Crippen molar-refractivity contribution in [3.8, 4) is 0 Å². The molecule has 0 aliphatic heterocycles. The lowest BCUT2D eigenvalue weighted by molar-refractivity contribution is 0.823. The van der Waals surface area contributed by atoms with Crippen LogP contribution in [0.4, 0.5) is 0 Å². The fourth-order valence-electron chi connectivity index (χ4n) is 0. The van der Waals surface area contributed by atoms with Crippen molar-refractivity contribution >= 4 is 0 Å². The van der Waals surface area contributed by atoms with Gasteiger partial charge in [-0.15, -0.1) is 0 Å². The van der Waals surface area contributed by atoms with Gasteiger partial charge in [0.1, 0.15) is 0 Å². The summed E-state index contributed by atoms with van der Waals surface area (Å²) in [5.41, 5.74) is 0. The molecule has 0 bridgehead atoms. The molecule has 10 heteroatoms. The predicted molar refractivity (Wildman–Crippen MR) is 47.4 cm³/mol. The first kappa shape index (κ1) is 4440. The van der Waals surface area contributed by atoms with E-state index in [0.717, 1.165) is 0 Å². The molecule has 0 saturated heterocycles. The van der Waals surface area contributed by atoms with Crippen molar-refractivity contribution in [1.82, 2.24) is 49.2 Å². The van der Waals surface area contributed by atoms with Gasteiger partial charge < -0.3 is 60.2 Å². The van der Waals surface area contributed by atoms with Crippen LogP contribution in [0.5, 0.6) is 0 Å². The van der Waals surface area contributed by atoms with Crippen molar-refractivity contribution in [3.63, 3.8) is 0 Å². The third-order valence-electron chi connectivity index (χ3n) is 0. The van der Waals surface area contributed by atoms with Gasteiger partial charge in [-0.1, -0.05) is 0 Å². The minimum absolute atomic E-state index is 0. The van der Waals surface area contributed by atoms with Crippen LogP contribution < -0.4 is 49.2 Å². The quantitative estimate of drug-likeness (QED) is 0.237. The summed E-state index contributed by atoms with van der Waals surface area (Å²) in [6, 6.07) is 0. The molecule has 0 aromatic carbocycles. The third-order valence-corrected chi connectivity index (χ3v) is 0. The van der Waals surface area contributed by atoms with Crippen LogP contribution >= 0.6 is 0 Å². The van der Waals surface area contributed by atoms with E-state index >= 15 is 0 Å². The first-order valence-electron chi connectivity index (χ1n) is 0.